The SMILES string of the molecule is O=C(O)CONC(=O)CCc1cccs1. The van der Waals surface area contributed by atoms with E-state index in [1.54, 1.807) is 11.3 Å². The lowest BCUT2D eigenvalue weighted by Gasteiger charge is -2.02. The molecule has 1 heterocycles. The number of carboxylic acid groups (broad SMARTS) is 1. The monoisotopic (exact) mass is 229 g/mol. The third-order valence-electron chi connectivity index (χ3n) is 1.56. The number of hydrogen-bond donors (Lipinski definition) is 2. The maximum absolute atomic E-state index is 11.1. The van der Waals surface area contributed by atoms with Crippen molar-refractivity contribution in [3.63, 3.8) is 0 Å². The average Bonchev–Trinajstić information content (AvgIpc) is 2.66. The molecule has 0 fully saturated rings. The summed E-state index contributed by atoms with van der Waals surface area (Å²) in [6.45, 7) is -0.523. The number of thiophene rings is 1. The highest BCUT2D eigenvalue weighted by Gasteiger charge is 2.04. The van der Waals surface area contributed by atoms with Crippen LogP contribution in [-0.2, 0) is 20.8 Å². The van der Waals surface area contributed by atoms with E-state index in [1.807, 2.05) is 17.5 Å². The summed E-state index contributed by atoms with van der Waals surface area (Å²) >= 11 is 1.58. The predicted molar refractivity (Wildman–Crippen MR) is 54.4 cm³/mol. The topological polar surface area (TPSA) is 75.6 Å². The highest BCUT2D eigenvalue weighted by Crippen LogP contribution is 2.10. The second-order valence-corrected chi connectivity index (χ2v) is 3.82. The van der Waals surface area contributed by atoms with Gasteiger partial charge in [0.25, 0.3) is 0 Å². The molecular weight excluding hydrogens is 218 g/mol. The summed E-state index contributed by atoms with van der Waals surface area (Å²) in [5.74, 6) is -1.43. The van der Waals surface area contributed by atoms with Gasteiger partial charge in [-0.05, 0) is 17.9 Å². The molecule has 2 N–H and O–H groups in total. The Labute approximate surface area is 90.6 Å². The fraction of sp³-hybridized carbons (Fsp3) is 0.333. The smallest absolute Gasteiger partial charge is 0.332 e. The van der Waals surface area contributed by atoms with Gasteiger partial charge < -0.3 is 5.11 Å². The predicted octanol–water partition coefficient (Wildman–Crippen LogP) is 0.813. The number of carboxylic acids is 1. The molecule has 1 rings (SSSR count). The third-order valence-corrected chi connectivity index (χ3v) is 2.50. The van der Waals surface area contributed by atoms with Crippen molar-refractivity contribution in [2.75, 3.05) is 6.61 Å². The first kappa shape index (κ1) is 11.7. The first-order valence-electron chi connectivity index (χ1n) is 4.33. The molecule has 0 saturated heterocycles. The van der Waals surface area contributed by atoms with Crippen LogP contribution in [0.25, 0.3) is 0 Å². The number of amides is 1. The van der Waals surface area contributed by atoms with Crippen LogP contribution < -0.4 is 5.48 Å². The van der Waals surface area contributed by atoms with Crippen LogP contribution in [0.1, 0.15) is 11.3 Å². The zero-order valence-electron chi connectivity index (χ0n) is 7.93. The minimum atomic E-state index is -1.12. The van der Waals surface area contributed by atoms with E-state index in [0.717, 1.165) is 4.88 Å². The van der Waals surface area contributed by atoms with Crippen LogP contribution >= 0.6 is 11.3 Å². The van der Waals surface area contributed by atoms with Crippen LogP contribution in [0.15, 0.2) is 17.5 Å². The van der Waals surface area contributed by atoms with Crippen molar-refractivity contribution in [3.05, 3.63) is 22.4 Å². The van der Waals surface area contributed by atoms with Gasteiger partial charge in [-0.2, -0.15) is 0 Å². The molecule has 15 heavy (non-hydrogen) atoms. The minimum absolute atomic E-state index is 0.292. The molecule has 1 amide bonds. The van der Waals surface area contributed by atoms with Crippen molar-refractivity contribution in [2.24, 2.45) is 0 Å². The average molecular weight is 229 g/mol. The van der Waals surface area contributed by atoms with Crippen molar-refractivity contribution in [1.82, 2.24) is 5.48 Å². The molecule has 0 spiro atoms. The van der Waals surface area contributed by atoms with E-state index in [4.69, 9.17) is 5.11 Å². The van der Waals surface area contributed by atoms with Gasteiger partial charge in [-0.25, -0.2) is 10.3 Å². The van der Waals surface area contributed by atoms with E-state index in [1.165, 1.54) is 0 Å². The Morgan fingerprint density at radius 1 is 1.53 bits per heavy atom. The van der Waals surface area contributed by atoms with E-state index in [9.17, 15) is 9.59 Å². The fourth-order valence-electron chi connectivity index (χ4n) is 0.921. The summed E-state index contributed by atoms with van der Waals surface area (Å²) in [5.41, 5.74) is 2.06. The number of carbonyl (C=O) groups excluding carboxylic acids is 1. The van der Waals surface area contributed by atoms with Gasteiger partial charge in [0.2, 0.25) is 5.91 Å². The highest BCUT2D eigenvalue weighted by molar-refractivity contribution is 7.09. The maximum atomic E-state index is 11.1. The second kappa shape index (κ2) is 6.15. The normalized spacial score (nSPS) is 9.87. The van der Waals surface area contributed by atoms with E-state index < -0.39 is 12.6 Å². The first-order valence-corrected chi connectivity index (χ1v) is 5.21. The van der Waals surface area contributed by atoms with Crippen molar-refractivity contribution in [1.29, 1.82) is 0 Å². The Hall–Kier alpha value is -1.40. The van der Waals surface area contributed by atoms with Crippen LogP contribution in [0, 0.1) is 0 Å². The van der Waals surface area contributed by atoms with Gasteiger partial charge in [0.1, 0.15) is 0 Å². The summed E-state index contributed by atoms with van der Waals surface area (Å²) in [4.78, 5) is 26.7. The van der Waals surface area contributed by atoms with Gasteiger partial charge >= 0.3 is 5.97 Å². The molecule has 5 nitrogen and oxygen atoms in total. The molecule has 0 saturated carbocycles. The van der Waals surface area contributed by atoms with E-state index >= 15 is 0 Å². The van der Waals surface area contributed by atoms with Gasteiger partial charge in [-0.1, -0.05) is 6.07 Å². The number of carbonyl (C=O) groups is 2. The molecule has 0 bridgehead atoms. The molecule has 0 aliphatic heterocycles. The Bertz CT molecular complexity index is 323. The summed E-state index contributed by atoms with van der Waals surface area (Å²) in [5, 5.41) is 10.2. The maximum Gasteiger partial charge on any atom is 0.332 e. The van der Waals surface area contributed by atoms with Crippen molar-refractivity contribution >= 4 is 23.2 Å². The molecule has 0 atom stereocenters. The van der Waals surface area contributed by atoms with Gasteiger partial charge in [0.15, 0.2) is 6.61 Å². The van der Waals surface area contributed by atoms with Crippen LogP contribution in [0.3, 0.4) is 0 Å². The highest BCUT2D eigenvalue weighted by atomic mass is 32.1. The van der Waals surface area contributed by atoms with Crippen molar-refractivity contribution in [2.45, 2.75) is 12.8 Å². The molecule has 0 aliphatic rings. The Balaban J connectivity index is 2.11. The molecule has 0 aromatic carbocycles. The number of nitrogens with one attached hydrogen (secondary N) is 1. The second-order valence-electron chi connectivity index (χ2n) is 2.79. The molecule has 6 heteroatoms. The molecular formula is C9H11NO4S. The van der Waals surface area contributed by atoms with Crippen molar-refractivity contribution < 1.29 is 19.5 Å². The fourth-order valence-corrected chi connectivity index (χ4v) is 1.63. The number of aryl methyl sites for hydroxylation is 1. The molecule has 0 radical (unpaired) electrons. The number of rotatable bonds is 6. The quantitative estimate of drug-likeness (QED) is 0.708. The summed E-state index contributed by atoms with van der Waals surface area (Å²) in [7, 11) is 0. The molecule has 0 unspecified atom stereocenters. The van der Waals surface area contributed by atoms with Gasteiger partial charge in [0, 0.05) is 11.3 Å². The zero-order chi connectivity index (χ0) is 11.1. The van der Waals surface area contributed by atoms with E-state index in [2.05, 4.69) is 10.3 Å². The summed E-state index contributed by atoms with van der Waals surface area (Å²) in [6, 6.07) is 3.86. The van der Waals surface area contributed by atoms with Crippen LogP contribution in [-0.4, -0.2) is 23.6 Å². The molecule has 82 valence electrons. The number of hydroxylamine groups is 1. The largest absolute Gasteiger partial charge is 0.479 e. The summed E-state index contributed by atoms with van der Waals surface area (Å²) in [6.07, 6.45) is 0.931. The van der Waals surface area contributed by atoms with E-state index in [0.29, 0.717) is 12.8 Å². The standard InChI is InChI=1S/C9H11NO4S/c11-8(10-14-6-9(12)13)4-3-7-2-1-5-15-7/h1-2,5H,3-4,6H2,(H,10,11)(H,12,13). The first-order chi connectivity index (χ1) is 7.18. The lowest BCUT2D eigenvalue weighted by molar-refractivity contribution is -0.149. The third kappa shape index (κ3) is 5.14. The van der Waals surface area contributed by atoms with Crippen LogP contribution in [0.2, 0.25) is 0 Å². The van der Waals surface area contributed by atoms with Gasteiger partial charge in [0.05, 0.1) is 0 Å². The Morgan fingerprint density at radius 3 is 2.93 bits per heavy atom. The van der Waals surface area contributed by atoms with Crippen molar-refractivity contribution in [3.8, 4) is 0 Å². The molecule has 1 aromatic rings. The van der Waals surface area contributed by atoms with Gasteiger partial charge in [-0.15, -0.1) is 11.3 Å². The Kier molecular flexibility index (Phi) is 4.79. The summed E-state index contributed by atoms with van der Waals surface area (Å²) < 4.78 is 0. The molecule has 0 aliphatic carbocycles. The van der Waals surface area contributed by atoms with Gasteiger partial charge in [-0.3, -0.25) is 9.63 Å². The minimum Gasteiger partial charge on any atom is -0.479 e. The lowest BCUT2D eigenvalue weighted by Crippen LogP contribution is -2.26. The lowest BCUT2D eigenvalue weighted by atomic mass is 10.2. The number of aliphatic carboxylic acids is 1. The van der Waals surface area contributed by atoms with Crippen LogP contribution in [0.4, 0.5) is 0 Å². The van der Waals surface area contributed by atoms with E-state index in [-0.39, 0.29) is 5.91 Å². The molecule has 1 aromatic heterocycles. The zero-order valence-corrected chi connectivity index (χ0v) is 8.75. The number of hydrogen-bond acceptors (Lipinski definition) is 4. The Morgan fingerprint density at radius 2 is 2.33 bits per heavy atom. The van der Waals surface area contributed by atoms with Crippen LogP contribution in [0.5, 0.6) is 0 Å².